The van der Waals surface area contributed by atoms with Crippen molar-refractivity contribution in [2.75, 3.05) is 19.6 Å². The highest BCUT2D eigenvalue weighted by Gasteiger charge is 2.19. The van der Waals surface area contributed by atoms with Gasteiger partial charge in [0.15, 0.2) is 5.69 Å². The zero-order chi connectivity index (χ0) is 19.3. The molecule has 152 valence electrons. The van der Waals surface area contributed by atoms with E-state index in [0.29, 0.717) is 18.2 Å². The Morgan fingerprint density at radius 3 is 2.55 bits per heavy atom. The number of carbonyl (C=O) groups is 1. The van der Waals surface area contributed by atoms with Gasteiger partial charge in [-0.2, -0.15) is 0 Å². The fourth-order valence-corrected chi connectivity index (χ4v) is 3.63. The first-order valence-corrected chi connectivity index (χ1v) is 9.79. The van der Waals surface area contributed by atoms with Gasteiger partial charge in [-0.25, -0.2) is 4.68 Å². The largest absolute Gasteiger partial charge is 0.350 e. The van der Waals surface area contributed by atoms with Gasteiger partial charge in [-0.15, -0.1) is 17.5 Å². The molecular weight excluding hydrogens is 386 g/mol. The number of hydrogen-bond acceptors (Lipinski definition) is 4. The van der Waals surface area contributed by atoms with Crippen molar-refractivity contribution in [3.05, 3.63) is 66.0 Å². The van der Waals surface area contributed by atoms with Gasteiger partial charge >= 0.3 is 0 Å². The molecule has 0 bridgehead atoms. The molecule has 2 N–H and O–H groups in total. The van der Waals surface area contributed by atoms with E-state index in [4.69, 9.17) is 0 Å². The van der Waals surface area contributed by atoms with Crippen LogP contribution in [0, 0.1) is 12.8 Å². The van der Waals surface area contributed by atoms with E-state index in [0.717, 1.165) is 42.9 Å². The van der Waals surface area contributed by atoms with E-state index in [9.17, 15) is 4.79 Å². The molecule has 2 aromatic carbocycles. The van der Waals surface area contributed by atoms with Gasteiger partial charge in [0.25, 0.3) is 5.91 Å². The molecule has 6 nitrogen and oxygen atoms in total. The third-order valence-electron chi connectivity index (χ3n) is 5.28. The van der Waals surface area contributed by atoms with Crippen LogP contribution in [0.5, 0.6) is 0 Å². The predicted octanol–water partition coefficient (Wildman–Crippen LogP) is 3.39. The van der Waals surface area contributed by atoms with Gasteiger partial charge in [-0.05, 0) is 62.0 Å². The molecular formula is C22H26ClN5O. The van der Waals surface area contributed by atoms with Crippen molar-refractivity contribution < 1.29 is 4.79 Å². The second-order valence-electron chi connectivity index (χ2n) is 7.27. The Balaban J connectivity index is 0.00000240. The van der Waals surface area contributed by atoms with Crippen LogP contribution in [0.2, 0.25) is 0 Å². The lowest BCUT2D eigenvalue weighted by atomic mass is 10.00. The first-order chi connectivity index (χ1) is 13.7. The zero-order valence-corrected chi connectivity index (χ0v) is 17.3. The van der Waals surface area contributed by atoms with E-state index in [2.05, 4.69) is 45.2 Å². The summed E-state index contributed by atoms with van der Waals surface area (Å²) in [6, 6.07) is 18.3. The highest BCUT2D eigenvalue weighted by molar-refractivity contribution is 5.93. The van der Waals surface area contributed by atoms with Crippen LogP contribution in [0.4, 0.5) is 0 Å². The average Bonchev–Trinajstić information content (AvgIpc) is 3.15. The number of nitrogens with one attached hydrogen (secondary N) is 2. The summed E-state index contributed by atoms with van der Waals surface area (Å²) in [7, 11) is 0. The van der Waals surface area contributed by atoms with Gasteiger partial charge in [-0.1, -0.05) is 47.7 Å². The molecule has 1 fully saturated rings. The molecule has 1 aliphatic rings. The van der Waals surface area contributed by atoms with Crippen LogP contribution < -0.4 is 10.6 Å². The Bertz CT molecular complexity index is 934. The van der Waals surface area contributed by atoms with Crippen LogP contribution in [0.1, 0.15) is 29.0 Å². The Morgan fingerprint density at radius 1 is 1.14 bits per heavy atom. The molecule has 1 saturated heterocycles. The minimum atomic E-state index is -0.157. The van der Waals surface area contributed by atoms with Crippen LogP contribution in [-0.2, 0) is 0 Å². The smallest absolute Gasteiger partial charge is 0.273 e. The number of benzene rings is 2. The molecule has 2 heterocycles. The van der Waals surface area contributed by atoms with Gasteiger partial charge in [0, 0.05) is 6.54 Å². The molecule has 3 aromatic rings. The van der Waals surface area contributed by atoms with Crippen LogP contribution in [0.25, 0.3) is 16.8 Å². The highest BCUT2D eigenvalue weighted by Crippen LogP contribution is 2.21. The van der Waals surface area contributed by atoms with Crippen LogP contribution in [0.15, 0.2) is 54.6 Å². The Hall–Kier alpha value is -2.70. The number of rotatable bonds is 5. The highest BCUT2D eigenvalue weighted by atomic mass is 35.5. The van der Waals surface area contributed by atoms with Crippen LogP contribution >= 0.6 is 12.4 Å². The third-order valence-corrected chi connectivity index (χ3v) is 5.28. The lowest BCUT2D eigenvalue weighted by molar-refractivity contribution is 0.0939. The maximum atomic E-state index is 12.5. The van der Waals surface area contributed by atoms with E-state index in [1.54, 1.807) is 4.68 Å². The average molecular weight is 412 g/mol. The zero-order valence-electron chi connectivity index (χ0n) is 16.5. The summed E-state index contributed by atoms with van der Waals surface area (Å²) in [5.74, 6) is 0.328. The van der Waals surface area contributed by atoms with E-state index in [-0.39, 0.29) is 18.3 Å². The Kier molecular flexibility index (Phi) is 7.01. The van der Waals surface area contributed by atoms with Gasteiger partial charge in [-0.3, -0.25) is 4.79 Å². The van der Waals surface area contributed by atoms with Crippen molar-refractivity contribution in [1.82, 2.24) is 25.6 Å². The first-order valence-electron chi connectivity index (χ1n) is 9.79. The van der Waals surface area contributed by atoms with Gasteiger partial charge < -0.3 is 10.6 Å². The molecule has 1 unspecified atom stereocenters. The monoisotopic (exact) mass is 411 g/mol. The molecule has 1 aromatic heterocycles. The molecule has 29 heavy (non-hydrogen) atoms. The van der Waals surface area contributed by atoms with Gasteiger partial charge in [0.05, 0.1) is 11.4 Å². The molecule has 0 saturated carbocycles. The molecule has 1 aliphatic heterocycles. The summed E-state index contributed by atoms with van der Waals surface area (Å²) in [6.07, 6.45) is 2.31. The molecule has 1 amide bonds. The fourth-order valence-electron chi connectivity index (χ4n) is 3.63. The van der Waals surface area contributed by atoms with Gasteiger partial charge in [0.2, 0.25) is 0 Å². The summed E-state index contributed by atoms with van der Waals surface area (Å²) >= 11 is 0. The van der Waals surface area contributed by atoms with Crippen molar-refractivity contribution >= 4 is 18.3 Å². The second-order valence-corrected chi connectivity index (χ2v) is 7.27. The van der Waals surface area contributed by atoms with E-state index < -0.39 is 0 Å². The molecule has 0 aliphatic carbocycles. The normalized spacial score (nSPS) is 16.1. The summed E-state index contributed by atoms with van der Waals surface area (Å²) in [6.45, 7) is 4.58. The third kappa shape index (κ3) is 4.83. The van der Waals surface area contributed by atoms with Crippen molar-refractivity contribution in [2.24, 2.45) is 5.92 Å². The second kappa shape index (κ2) is 9.67. The summed E-state index contributed by atoms with van der Waals surface area (Å²) in [5.41, 5.74) is 4.32. The molecule has 0 spiro atoms. The SMILES string of the molecule is Cc1c(C(=O)NCC2CCCNC2)nnn1-c1ccc(-c2ccccc2)cc1.Cl. The number of halogens is 1. The van der Waals surface area contributed by atoms with E-state index in [1.807, 2.05) is 37.3 Å². The van der Waals surface area contributed by atoms with Crippen molar-refractivity contribution in [3.63, 3.8) is 0 Å². The predicted molar refractivity (Wildman–Crippen MR) is 117 cm³/mol. The van der Waals surface area contributed by atoms with Crippen molar-refractivity contribution in [2.45, 2.75) is 19.8 Å². The fraction of sp³-hybridized carbons (Fsp3) is 0.318. The first kappa shape index (κ1) is 21.0. The molecule has 7 heteroatoms. The van der Waals surface area contributed by atoms with Crippen LogP contribution in [0.3, 0.4) is 0 Å². The minimum absolute atomic E-state index is 0. The number of hydrogen-bond donors (Lipinski definition) is 2. The Labute approximate surface area is 177 Å². The van der Waals surface area contributed by atoms with Gasteiger partial charge in [0.1, 0.15) is 0 Å². The molecule has 1 atom stereocenters. The lowest BCUT2D eigenvalue weighted by Gasteiger charge is -2.22. The van der Waals surface area contributed by atoms with Crippen LogP contribution in [-0.4, -0.2) is 40.5 Å². The maximum Gasteiger partial charge on any atom is 0.273 e. The number of amides is 1. The lowest BCUT2D eigenvalue weighted by Crippen LogP contribution is -2.38. The maximum absolute atomic E-state index is 12.5. The van der Waals surface area contributed by atoms with E-state index in [1.165, 1.54) is 5.56 Å². The topological polar surface area (TPSA) is 71.8 Å². The molecule has 4 rings (SSSR count). The number of carbonyl (C=O) groups excluding carboxylic acids is 1. The summed E-state index contributed by atoms with van der Waals surface area (Å²) in [4.78, 5) is 12.5. The van der Waals surface area contributed by atoms with Crippen molar-refractivity contribution in [1.29, 1.82) is 0 Å². The molecule has 0 radical (unpaired) electrons. The van der Waals surface area contributed by atoms with E-state index >= 15 is 0 Å². The number of nitrogens with zero attached hydrogens (tertiary/aromatic N) is 3. The van der Waals surface area contributed by atoms with Crippen molar-refractivity contribution in [3.8, 4) is 16.8 Å². The minimum Gasteiger partial charge on any atom is -0.350 e. The quantitative estimate of drug-likeness (QED) is 0.675. The number of aromatic nitrogens is 3. The number of piperidine rings is 1. The standard InChI is InChI=1S/C22H25N5O.ClH/c1-16-21(22(28)24-15-17-6-5-13-23-14-17)25-26-27(16)20-11-9-19(10-12-20)18-7-3-2-4-8-18;/h2-4,7-12,17,23H,5-6,13-15H2,1H3,(H,24,28);1H. The summed E-state index contributed by atoms with van der Waals surface area (Å²) < 4.78 is 1.71. The Morgan fingerprint density at radius 2 is 1.86 bits per heavy atom. The summed E-state index contributed by atoms with van der Waals surface area (Å²) in [5, 5.41) is 14.7.